The zero-order chi connectivity index (χ0) is 10.5. The van der Waals surface area contributed by atoms with Crippen LogP contribution in [-0.4, -0.2) is 32.7 Å². The van der Waals surface area contributed by atoms with Gasteiger partial charge in [-0.1, -0.05) is 12.1 Å². The van der Waals surface area contributed by atoms with Crippen molar-refractivity contribution in [2.45, 2.75) is 6.92 Å². The van der Waals surface area contributed by atoms with Crippen LogP contribution in [0.15, 0.2) is 24.3 Å². The Bertz CT molecular complexity index is 305. The van der Waals surface area contributed by atoms with Crippen LogP contribution in [0.5, 0.6) is 0 Å². The third-order valence-corrected chi connectivity index (χ3v) is 2.73. The second kappa shape index (κ2) is 5.03. The molecule has 1 aromatic rings. The molecule has 0 atom stereocenters. The lowest BCUT2D eigenvalue weighted by Crippen LogP contribution is -2.43. The van der Waals surface area contributed by atoms with Gasteiger partial charge in [0, 0.05) is 32.7 Å². The van der Waals surface area contributed by atoms with E-state index in [1.165, 1.54) is 11.4 Å². The lowest BCUT2D eigenvalue weighted by atomic mass is 10.2. The number of anilines is 2. The summed E-state index contributed by atoms with van der Waals surface area (Å²) in [7, 11) is 0. The summed E-state index contributed by atoms with van der Waals surface area (Å²) < 4.78 is 0. The van der Waals surface area contributed by atoms with Gasteiger partial charge in [0.1, 0.15) is 0 Å². The zero-order valence-electron chi connectivity index (χ0n) is 9.29. The van der Waals surface area contributed by atoms with E-state index >= 15 is 0 Å². The van der Waals surface area contributed by atoms with E-state index in [0.717, 1.165) is 32.7 Å². The van der Waals surface area contributed by atoms with Gasteiger partial charge in [-0.2, -0.15) is 0 Å². The predicted molar refractivity (Wildman–Crippen MR) is 65.7 cm³/mol. The highest BCUT2D eigenvalue weighted by atomic mass is 15.2. The molecule has 1 heterocycles. The minimum absolute atomic E-state index is 0.975. The molecule has 0 saturated carbocycles. The van der Waals surface area contributed by atoms with Crippen molar-refractivity contribution in [1.29, 1.82) is 0 Å². The van der Waals surface area contributed by atoms with Crippen LogP contribution in [0.25, 0.3) is 0 Å². The van der Waals surface area contributed by atoms with Crippen LogP contribution in [0.2, 0.25) is 0 Å². The third kappa shape index (κ3) is 2.42. The van der Waals surface area contributed by atoms with E-state index in [0.29, 0.717) is 0 Å². The Hall–Kier alpha value is -1.22. The molecule has 0 spiro atoms. The molecule has 0 bridgehead atoms. The van der Waals surface area contributed by atoms with Gasteiger partial charge in [-0.05, 0) is 19.1 Å². The standard InChI is InChI=1S/C12H19N3/c1-2-14-11-5-3-4-6-12(11)15-9-7-13-8-10-15/h3-6,13-14H,2,7-10H2,1H3. The zero-order valence-corrected chi connectivity index (χ0v) is 9.29. The third-order valence-electron chi connectivity index (χ3n) is 2.73. The summed E-state index contributed by atoms with van der Waals surface area (Å²) >= 11 is 0. The van der Waals surface area contributed by atoms with Crippen LogP contribution in [0, 0.1) is 0 Å². The maximum absolute atomic E-state index is 3.41. The number of rotatable bonds is 3. The van der Waals surface area contributed by atoms with E-state index in [9.17, 15) is 0 Å². The molecule has 0 radical (unpaired) electrons. The fourth-order valence-electron chi connectivity index (χ4n) is 2.00. The van der Waals surface area contributed by atoms with Gasteiger partial charge in [0.25, 0.3) is 0 Å². The van der Waals surface area contributed by atoms with E-state index in [4.69, 9.17) is 0 Å². The maximum Gasteiger partial charge on any atom is 0.0602 e. The number of nitrogens with one attached hydrogen (secondary N) is 2. The molecule has 3 heteroatoms. The Balaban J connectivity index is 2.17. The summed E-state index contributed by atoms with van der Waals surface area (Å²) in [6.45, 7) is 7.48. The van der Waals surface area contributed by atoms with E-state index in [1.54, 1.807) is 0 Å². The summed E-state index contributed by atoms with van der Waals surface area (Å²) in [5.74, 6) is 0. The normalized spacial score (nSPS) is 16.5. The van der Waals surface area contributed by atoms with Gasteiger partial charge < -0.3 is 15.5 Å². The minimum atomic E-state index is 0.975. The Labute approximate surface area is 91.5 Å². The number of nitrogens with zero attached hydrogens (tertiary/aromatic N) is 1. The van der Waals surface area contributed by atoms with Crippen molar-refractivity contribution in [1.82, 2.24) is 5.32 Å². The number of piperazine rings is 1. The predicted octanol–water partition coefficient (Wildman–Crippen LogP) is 1.53. The summed E-state index contributed by atoms with van der Waals surface area (Å²) in [5.41, 5.74) is 2.59. The average molecular weight is 205 g/mol. The summed E-state index contributed by atoms with van der Waals surface area (Å²) in [5, 5.41) is 6.79. The fraction of sp³-hybridized carbons (Fsp3) is 0.500. The Morgan fingerprint density at radius 2 is 2.00 bits per heavy atom. The molecule has 1 aliphatic rings. The van der Waals surface area contributed by atoms with Crippen molar-refractivity contribution in [3.8, 4) is 0 Å². The minimum Gasteiger partial charge on any atom is -0.384 e. The van der Waals surface area contributed by atoms with Gasteiger partial charge in [0.05, 0.1) is 11.4 Å². The van der Waals surface area contributed by atoms with Crippen LogP contribution >= 0.6 is 0 Å². The highest BCUT2D eigenvalue weighted by molar-refractivity contribution is 5.70. The first-order valence-corrected chi connectivity index (χ1v) is 5.70. The molecular weight excluding hydrogens is 186 g/mol. The first-order chi connectivity index (χ1) is 7.42. The van der Waals surface area contributed by atoms with Gasteiger partial charge in [-0.15, -0.1) is 0 Å². The molecule has 1 saturated heterocycles. The maximum atomic E-state index is 3.41. The topological polar surface area (TPSA) is 27.3 Å². The quantitative estimate of drug-likeness (QED) is 0.783. The second-order valence-corrected chi connectivity index (χ2v) is 3.78. The number of hydrogen-bond acceptors (Lipinski definition) is 3. The van der Waals surface area contributed by atoms with Crippen LogP contribution in [-0.2, 0) is 0 Å². The van der Waals surface area contributed by atoms with Gasteiger partial charge in [-0.25, -0.2) is 0 Å². The van der Waals surface area contributed by atoms with Crippen LogP contribution in [0.3, 0.4) is 0 Å². The Morgan fingerprint density at radius 3 is 2.73 bits per heavy atom. The van der Waals surface area contributed by atoms with E-state index in [1.807, 2.05) is 0 Å². The molecule has 0 aromatic heterocycles. The van der Waals surface area contributed by atoms with Gasteiger partial charge in [0.15, 0.2) is 0 Å². The fourth-order valence-corrected chi connectivity index (χ4v) is 2.00. The van der Waals surface area contributed by atoms with Crippen molar-refractivity contribution in [3.63, 3.8) is 0 Å². The molecule has 0 aliphatic carbocycles. The summed E-state index contributed by atoms with van der Waals surface area (Å²) in [4.78, 5) is 2.44. The molecule has 2 N–H and O–H groups in total. The lowest BCUT2D eigenvalue weighted by molar-refractivity contribution is 0.589. The second-order valence-electron chi connectivity index (χ2n) is 3.78. The molecule has 1 aromatic carbocycles. The first kappa shape index (κ1) is 10.3. The molecule has 1 aliphatic heterocycles. The van der Waals surface area contributed by atoms with Gasteiger partial charge in [-0.3, -0.25) is 0 Å². The van der Waals surface area contributed by atoms with Crippen LogP contribution in [0.4, 0.5) is 11.4 Å². The van der Waals surface area contributed by atoms with Crippen molar-refractivity contribution in [3.05, 3.63) is 24.3 Å². The SMILES string of the molecule is CCNc1ccccc1N1CCNCC1. The molecule has 0 unspecified atom stereocenters. The van der Waals surface area contributed by atoms with Crippen molar-refractivity contribution < 1.29 is 0 Å². The van der Waals surface area contributed by atoms with Crippen LogP contribution in [0.1, 0.15) is 6.92 Å². The number of para-hydroxylation sites is 2. The van der Waals surface area contributed by atoms with E-state index in [-0.39, 0.29) is 0 Å². The molecule has 82 valence electrons. The molecule has 0 amide bonds. The van der Waals surface area contributed by atoms with Crippen molar-refractivity contribution in [2.75, 3.05) is 42.9 Å². The first-order valence-electron chi connectivity index (χ1n) is 5.70. The van der Waals surface area contributed by atoms with Gasteiger partial charge >= 0.3 is 0 Å². The average Bonchev–Trinajstić information content (AvgIpc) is 2.31. The summed E-state index contributed by atoms with van der Waals surface area (Å²) in [6.07, 6.45) is 0. The monoisotopic (exact) mass is 205 g/mol. The molecule has 3 nitrogen and oxygen atoms in total. The van der Waals surface area contributed by atoms with E-state index in [2.05, 4.69) is 46.7 Å². The number of hydrogen-bond donors (Lipinski definition) is 2. The van der Waals surface area contributed by atoms with Gasteiger partial charge in [0.2, 0.25) is 0 Å². The molecule has 2 rings (SSSR count). The smallest absolute Gasteiger partial charge is 0.0602 e. The molecule has 15 heavy (non-hydrogen) atoms. The summed E-state index contributed by atoms with van der Waals surface area (Å²) in [6, 6.07) is 8.55. The largest absolute Gasteiger partial charge is 0.384 e. The molecular formula is C12H19N3. The lowest BCUT2D eigenvalue weighted by Gasteiger charge is -2.31. The highest BCUT2D eigenvalue weighted by Crippen LogP contribution is 2.25. The highest BCUT2D eigenvalue weighted by Gasteiger charge is 2.12. The van der Waals surface area contributed by atoms with Crippen LogP contribution < -0.4 is 15.5 Å². The van der Waals surface area contributed by atoms with Crippen molar-refractivity contribution >= 4 is 11.4 Å². The Morgan fingerprint density at radius 1 is 1.27 bits per heavy atom. The number of benzene rings is 1. The van der Waals surface area contributed by atoms with E-state index < -0.39 is 0 Å². The Kier molecular flexibility index (Phi) is 3.45. The molecule has 1 fully saturated rings. The van der Waals surface area contributed by atoms with Crippen molar-refractivity contribution in [2.24, 2.45) is 0 Å².